The van der Waals surface area contributed by atoms with Gasteiger partial charge in [-0.3, -0.25) is 0 Å². The Bertz CT molecular complexity index is 339. The van der Waals surface area contributed by atoms with Crippen LogP contribution >= 0.6 is 0 Å². The van der Waals surface area contributed by atoms with Crippen LogP contribution in [0, 0.1) is 0 Å². The van der Waals surface area contributed by atoms with Gasteiger partial charge in [-0.2, -0.15) is 0 Å². The highest BCUT2D eigenvalue weighted by Crippen LogP contribution is 2.08. The maximum absolute atomic E-state index is 5.70. The van der Waals surface area contributed by atoms with Crippen molar-refractivity contribution in [1.29, 1.82) is 0 Å². The number of rotatable bonds is 8. The third kappa shape index (κ3) is 6.15. The van der Waals surface area contributed by atoms with Gasteiger partial charge in [-0.1, -0.05) is 38.1 Å². The fourth-order valence-corrected chi connectivity index (χ4v) is 1.67. The minimum Gasteiger partial charge on any atom is -0.382 e. The summed E-state index contributed by atoms with van der Waals surface area (Å²) in [5, 5.41) is 3.41. The van der Waals surface area contributed by atoms with Gasteiger partial charge in [0.2, 0.25) is 0 Å². The standard InChI is InChI=1S/C15H25NO2/c1-12(2)16-9-14-6-5-7-15(8-14)11-18-13(3)10-17-4/h5-8,12-13,16H,9-11H2,1-4H3. The van der Waals surface area contributed by atoms with Crippen LogP contribution in [0.5, 0.6) is 0 Å². The molecule has 102 valence electrons. The molecule has 18 heavy (non-hydrogen) atoms. The van der Waals surface area contributed by atoms with Gasteiger partial charge in [0.25, 0.3) is 0 Å². The average molecular weight is 251 g/mol. The number of nitrogens with one attached hydrogen (secondary N) is 1. The van der Waals surface area contributed by atoms with Crippen LogP contribution in [0.15, 0.2) is 24.3 Å². The number of hydrogen-bond acceptors (Lipinski definition) is 3. The topological polar surface area (TPSA) is 30.5 Å². The van der Waals surface area contributed by atoms with Crippen molar-refractivity contribution >= 4 is 0 Å². The highest BCUT2D eigenvalue weighted by Gasteiger charge is 2.03. The predicted molar refractivity (Wildman–Crippen MR) is 74.5 cm³/mol. The zero-order chi connectivity index (χ0) is 13.4. The van der Waals surface area contributed by atoms with E-state index in [1.54, 1.807) is 7.11 Å². The average Bonchev–Trinajstić information content (AvgIpc) is 2.35. The molecule has 1 rings (SSSR count). The van der Waals surface area contributed by atoms with E-state index in [0.717, 1.165) is 6.54 Å². The van der Waals surface area contributed by atoms with Crippen molar-refractivity contribution in [3.8, 4) is 0 Å². The molecule has 0 heterocycles. The first-order chi connectivity index (χ1) is 8.61. The Kier molecular flexibility index (Phi) is 6.94. The summed E-state index contributed by atoms with van der Waals surface area (Å²) in [6.07, 6.45) is 0.132. The third-order valence-corrected chi connectivity index (χ3v) is 2.64. The Labute approximate surface area is 110 Å². The molecule has 1 aromatic rings. The van der Waals surface area contributed by atoms with Crippen LogP contribution in [0.25, 0.3) is 0 Å². The smallest absolute Gasteiger partial charge is 0.0784 e. The van der Waals surface area contributed by atoms with Crippen molar-refractivity contribution < 1.29 is 9.47 Å². The zero-order valence-corrected chi connectivity index (χ0v) is 11.9. The Morgan fingerprint density at radius 3 is 2.56 bits per heavy atom. The van der Waals surface area contributed by atoms with E-state index in [9.17, 15) is 0 Å². The van der Waals surface area contributed by atoms with E-state index in [-0.39, 0.29) is 6.10 Å². The van der Waals surface area contributed by atoms with Gasteiger partial charge < -0.3 is 14.8 Å². The van der Waals surface area contributed by atoms with E-state index < -0.39 is 0 Å². The van der Waals surface area contributed by atoms with Crippen LogP contribution < -0.4 is 5.32 Å². The lowest BCUT2D eigenvalue weighted by Crippen LogP contribution is -2.21. The van der Waals surface area contributed by atoms with Gasteiger partial charge in [-0.25, -0.2) is 0 Å². The molecule has 3 heteroatoms. The van der Waals surface area contributed by atoms with Gasteiger partial charge >= 0.3 is 0 Å². The molecular formula is C15H25NO2. The van der Waals surface area contributed by atoms with E-state index in [4.69, 9.17) is 9.47 Å². The summed E-state index contributed by atoms with van der Waals surface area (Å²) in [5.74, 6) is 0. The Balaban J connectivity index is 2.43. The minimum absolute atomic E-state index is 0.132. The molecule has 0 aliphatic rings. The molecule has 0 fully saturated rings. The molecule has 0 aliphatic heterocycles. The van der Waals surface area contributed by atoms with Gasteiger partial charge in [0, 0.05) is 19.7 Å². The lowest BCUT2D eigenvalue weighted by Gasteiger charge is -2.13. The lowest BCUT2D eigenvalue weighted by atomic mass is 10.1. The van der Waals surface area contributed by atoms with Crippen LogP contribution in [0.1, 0.15) is 31.9 Å². The van der Waals surface area contributed by atoms with Crippen molar-refractivity contribution in [2.45, 2.75) is 46.1 Å². The second-order valence-corrected chi connectivity index (χ2v) is 4.93. The van der Waals surface area contributed by atoms with Crippen molar-refractivity contribution in [1.82, 2.24) is 5.32 Å². The van der Waals surface area contributed by atoms with Crippen molar-refractivity contribution in [2.24, 2.45) is 0 Å². The van der Waals surface area contributed by atoms with Gasteiger partial charge in [0.15, 0.2) is 0 Å². The molecule has 0 bridgehead atoms. The quantitative estimate of drug-likeness (QED) is 0.770. The van der Waals surface area contributed by atoms with E-state index in [1.807, 2.05) is 6.92 Å². The number of methoxy groups -OCH3 is 1. The molecule has 0 amide bonds. The first kappa shape index (κ1) is 15.2. The molecule has 1 N–H and O–H groups in total. The third-order valence-electron chi connectivity index (χ3n) is 2.64. The van der Waals surface area contributed by atoms with Crippen LogP contribution in [0.3, 0.4) is 0 Å². The van der Waals surface area contributed by atoms with Crippen LogP contribution in [-0.4, -0.2) is 25.9 Å². The SMILES string of the molecule is COCC(C)OCc1cccc(CNC(C)C)c1. The minimum atomic E-state index is 0.132. The summed E-state index contributed by atoms with van der Waals surface area (Å²) < 4.78 is 10.7. The summed E-state index contributed by atoms with van der Waals surface area (Å²) >= 11 is 0. The van der Waals surface area contributed by atoms with Crippen molar-refractivity contribution in [3.63, 3.8) is 0 Å². The second kappa shape index (κ2) is 8.25. The molecule has 0 radical (unpaired) electrons. The fraction of sp³-hybridized carbons (Fsp3) is 0.600. The first-order valence-corrected chi connectivity index (χ1v) is 6.53. The molecule has 0 saturated carbocycles. The summed E-state index contributed by atoms with van der Waals surface area (Å²) in [7, 11) is 1.69. The molecule has 0 spiro atoms. The molecule has 1 aromatic carbocycles. The maximum atomic E-state index is 5.70. The predicted octanol–water partition coefficient (Wildman–Crippen LogP) is 2.74. The van der Waals surface area contributed by atoms with Gasteiger partial charge in [-0.15, -0.1) is 0 Å². The van der Waals surface area contributed by atoms with Gasteiger partial charge in [0.1, 0.15) is 0 Å². The van der Waals surface area contributed by atoms with Crippen LogP contribution in [-0.2, 0) is 22.6 Å². The Morgan fingerprint density at radius 1 is 1.17 bits per heavy atom. The Hall–Kier alpha value is -0.900. The number of benzene rings is 1. The second-order valence-electron chi connectivity index (χ2n) is 4.93. The van der Waals surface area contributed by atoms with Gasteiger partial charge in [0.05, 0.1) is 19.3 Å². The van der Waals surface area contributed by atoms with Crippen molar-refractivity contribution in [3.05, 3.63) is 35.4 Å². The zero-order valence-electron chi connectivity index (χ0n) is 11.9. The van der Waals surface area contributed by atoms with Crippen LogP contribution in [0.4, 0.5) is 0 Å². The first-order valence-electron chi connectivity index (χ1n) is 6.53. The van der Waals surface area contributed by atoms with E-state index in [0.29, 0.717) is 19.3 Å². The number of ether oxygens (including phenoxy) is 2. The molecule has 0 aromatic heterocycles. The summed E-state index contributed by atoms with van der Waals surface area (Å²) in [6, 6.07) is 9.01. The van der Waals surface area contributed by atoms with E-state index in [1.165, 1.54) is 11.1 Å². The van der Waals surface area contributed by atoms with E-state index in [2.05, 4.69) is 43.4 Å². The monoisotopic (exact) mass is 251 g/mol. The molecule has 0 aliphatic carbocycles. The fourth-order valence-electron chi connectivity index (χ4n) is 1.67. The van der Waals surface area contributed by atoms with Gasteiger partial charge in [-0.05, 0) is 18.1 Å². The van der Waals surface area contributed by atoms with Crippen LogP contribution in [0.2, 0.25) is 0 Å². The Morgan fingerprint density at radius 2 is 1.89 bits per heavy atom. The summed E-state index contributed by atoms with van der Waals surface area (Å²) in [6.45, 7) is 8.50. The molecule has 1 atom stereocenters. The highest BCUT2D eigenvalue weighted by molar-refractivity contribution is 5.22. The van der Waals surface area contributed by atoms with Crippen molar-refractivity contribution in [2.75, 3.05) is 13.7 Å². The normalized spacial score (nSPS) is 12.9. The molecular weight excluding hydrogens is 226 g/mol. The summed E-state index contributed by atoms with van der Waals surface area (Å²) in [4.78, 5) is 0. The maximum Gasteiger partial charge on any atom is 0.0784 e. The van der Waals surface area contributed by atoms with E-state index >= 15 is 0 Å². The number of hydrogen-bond donors (Lipinski definition) is 1. The lowest BCUT2D eigenvalue weighted by molar-refractivity contribution is -0.000146. The molecule has 0 saturated heterocycles. The molecule has 3 nitrogen and oxygen atoms in total. The molecule has 1 unspecified atom stereocenters. The largest absolute Gasteiger partial charge is 0.382 e. The summed E-state index contributed by atoms with van der Waals surface area (Å²) in [5.41, 5.74) is 2.50. The highest BCUT2D eigenvalue weighted by atomic mass is 16.5.